The van der Waals surface area contributed by atoms with Crippen LogP contribution in [0.15, 0.2) is 36.4 Å². The monoisotopic (exact) mass is 272 g/mol. The fourth-order valence-corrected chi connectivity index (χ4v) is 2.17. The second-order valence-corrected chi connectivity index (χ2v) is 4.75. The molecule has 0 saturated carbocycles. The summed E-state index contributed by atoms with van der Waals surface area (Å²) >= 11 is 0. The second kappa shape index (κ2) is 5.74. The van der Waals surface area contributed by atoms with Crippen molar-refractivity contribution in [1.82, 2.24) is 0 Å². The van der Waals surface area contributed by atoms with Gasteiger partial charge in [-0.3, -0.25) is 9.59 Å². The van der Waals surface area contributed by atoms with Crippen LogP contribution < -0.4 is 4.74 Å². The van der Waals surface area contributed by atoms with Crippen molar-refractivity contribution in [2.45, 2.75) is 13.3 Å². The van der Waals surface area contributed by atoms with Gasteiger partial charge in [0.1, 0.15) is 17.5 Å². The number of fused-ring (bicyclic) bond motifs is 1. The van der Waals surface area contributed by atoms with Crippen LogP contribution in [-0.2, 0) is 16.0 Å². The minimum atomic E-state index is -1.08. The summed E-state index contributed by atoms with van der Waals surface area (Å²) in [6.07, 6.45) is 0.215. The van der Waals surface area contributed by atoms with E-state index < -0.39 is 11.9 Å². The molecule has 0 radical (unpaired) electrons. The highest BCUT2D eigenvalue weighted by Gasteiger charge is 2.22. The van der Waals surface area contributed by atoms with Crippen LogP contribution in [0.3, 0.4) is 0 Å². The van der Waals surface area contributed by atoms with Gasteiger partial charge in [0.2, 0.25) is 0 Å². The molecule has 0 aliphatic rings. The Morgan fingerprint density at radius 2 is 1.80 bits per heavy atom. The van der Waals surface area contributed by atoms with Crippen molar-refractivity contribution in [1.29, 1.82) is 0 Å². The molecule has 0 aliphatic heterocycles. The number of ketones is 1. The molecule has 4 heteroatoms. The molecule has 0 saturated heterocycles. The third kappa shape index (κ3) is 2.96. The Morgan fingerprint density at radius 1 is 1.15 bits per heavy atom. The zero-order chi connectivity index (χ0) is 14.7. The van der Waals surface area contributed by atoms with Crippen LogP contribution in [0, 0.1) is 5.92 Å². The van der Waals surface area contributed by atoms with Gasteiger partial charge in [-0.1, -0.05) is 24.3 Å². The second-order valence-electron chi connectivity index (χ2n) is 4.75. The van der Waals surface area contributed by atoms with Crippen LogP contribution in [0.1, 0.15) is 12.5 Å². The number of carboxylic acid groups (broad SMARTS) is 1. The maximum absolute atomic E-state index is 11.3. The molecule has 0 spiro atoms. The Bertz CT molecular complexity index is 647. The average molecular weight is 272 g/mol. The zero-order valence-corrected chi connectivity index (χ0v) is 11.4. The molecule has 0 aliphatic carbocycles. The van der Waals surface area contributed by atoms with E-state index >= 15 is 0 Å². The summed E-state index contributed by atoms with van der Waals surface area (Å²) in [7, 11) is 1.61. The van der Waals surface area contributed by atoms with Gasteiger partial charge in [-0.15, -0.1) is 0 Å². The third-order valence-electron chi connectivity index (χ3n) is 3.34. The van der Waals surface area contributed by atoms with Crippen molar-refractivity contribution >= 4 is 22.5 Å². The van der Waals surface area contributed by atoms with Crippen molar-refractivity contribution in [3.8, 4) is 5.75 Å². The smallest absolute Gasteiger partial charge is 0.314 e. The first-order valence-corrected chi connectivity index (χ1v) is 6.31. The summed E-state index contributed by atoms with van der Waals surface area (Å²) in [6, 6.07) is 11.4. The lowest BCUT2D eigenvalue weighted by Gasteiger charge is -2.10. The van der Waals surface area contributed by atoms with Gasteiger partial charge in [-0.2, -0.15) is 0 Å². The SMILES string of the molecule is COc1ccc2cc(C[C@H](C(C)=O)C(=O)O)ccc2c1. The predicted molar refractivity (Wildman–Crippen MR) is 76.0 cm³/mol. The Kier molecular flexibility index (Phi) is 4.03. The Balaban J connectivity index is 2.32. The molecular formula is C16H16O4. The molecule has 0 aromatic heterocycles. The van der Waals surface area contributed by atoms with Gasteiger partial charge in [-0.05, 0) is 41.8 Å². The first-order chi connectivity index (χ1) is 9.51. The van der Waals surface area contributed by atoms with Gasteiger partial charge in [0.05, 0.1) is 7.11 Å². The zero-order valence-electron chi connectivity index (χ0n) is 11.4. The first-order valence-electron chi connectivity index (χ1n) is 6.31. The van der Waals surface area contributed by atoms with Gasteiger partial charge in [0, 0.05) is 0 Å². The van der Waals surface area contributed by atoms with E-state index in [0.29, 0.717) is 0 Å². The Hall–Kier alpha value is -2.36. The number of carbonyl (C=O) groups excluding carboxylic acids is 1. The van der Waals surface area contributed by atoms with Gasteiger partial charge in [-0.25, -0.2) is 0 Å². The van der Waals surface area contributed by atoms with Crippen LogP contribution in [0.25, 0.3) is 10.8 Å². The molecule has 1 atom stereocenters. The number of hydrogen-bond acceptors (Lipinski definition) is 3. The Labute approximate surface area is 117 Å². The summed E-state index contributed by atoms with van der Waals surface area (Å²) < 4.78 is 5.16. The molecule has 104 valence electrons. The molecular weight excluding hydrogens is 256 g/mol. The van der Waals surface area contributed by atoms with Crippen LogP contribution in [0.5, 0.6) is 5.75 Å². The summed E-state index contributed by atoms with van der Waals surface area (Å²) in [5.74, 6) is -1.61. The van der Waals surface area contributed by atoms with Crippen molar-refractivity contribution in [3.05, 3.63) is 42.0 Å². The average Bonchev–Trinajstić information content (AvgIpc) is 2.43. The third-order valence-corrected chi connectivity index (χ3v) is 3.34. The predicted octanol–water partition coefficient (Wildman–Crippen LogP) is 2.68. The van der Waals surface area contributed by atoms with E-state index in [4.69, 9.17) is 9.84 Å². The maximum atomic E-state index is 11.3. The summed E-state index contributed by atoms with van der Waals surface area (Å²) in [5, 5.41) is 11.1. The number of hydrogen-bond donors (Lipinski definition) is 1. The lowest BCUT2D eigenvalue weighted by atomic mass is 9.94. The number of carboxylic acids is 1. The molecule has 4 nitrogen and oxygen atoms in total. The van der Waals surface area contributed by atoms with E-state index in [0.717, 1.165) is 22.1 Å². The summed E-state index contributed by atoms with van der Waals surface area (Å²) in [4.78, 5) is 22.4. The van der Waals surface area contributed by atoms with E-state index in [1.807, 2.05) is 36.4 Å². The highest BCUT2D eigenvalue weighted by molar-refractivity contribution is 5.97. The normalized spacial score (nSPS) is 12.1. The van der Waals surface area contributed by atoms with E-state index in [9.17, 15) is 9.59 Å². The van der Waals surface area contributed by atoms with Crippen LogP contribution in [0.4, 0.5) is 0 Å². The number of ether oxygens (including phenoxy) is 1. The van der Waals surface area contributed by atoms with Crippen LogP contribution in [-0.4, -0.2) is 24.0 Å². The number of carbonyl (C=O) groups is 2. The number of Topliss-reactive ketones (excluding diaryl/α,β-unsaturated/α-hetero) is 1. The number of rotatable bonds is 5. The number of methoxy groups -OCH3 is 1. The lowest BCUT2D eigenvalue weighted by Crippen LogP contribution is -2.23. The number of benzene rings is 2. The molecule has 2 aromatic rings. The van der Waals surface area contributed by atoms with Crippen LogP contribution in [0.2, 0.25) is 0 Å². The fourth-order valence-electron chi connectivity index (χ4n) is 2.17. The fraction of sp³-hybridized carbons (Fsp3) is 0.250. The first kappa shape index (κ1) is 14.1. The molecule has 0 unspecified atom stereocenters. The maximum Gasteiger partial charge on any atom is 0.314 e. The standard InChI is InChI=1S/C16H16O4/c1-10(17)15(16(18)19)8-11-3-4-13-9-14(20-2)6-5-12(13)7-11/h3-7,9,15H,8H2,1-2H3,(H,18,19)/t15-/m1/s1. The minimum absolute atomic E-state index is 0.215. The molecule has 0 amide bonds. The van der Waals surface area contributed by atoms with Crippen molar-refractivity contribution < 1.29 is 19.4 Å². The molecule has 2 rings (SSSR count). The highest BCUT2D eigenvalue weighted by Crippen LogP contribution is 2.23. The highest BCUT2D eigenvalue weighted by atomic mass is 16.5. The van der Waals surface area contributed by atoms with Crippen molar-refractivity contribution in [2.75, 3.05) is 7.11 Å². The topological polar surface area (TPSA) is 63.6 Å². The van der Waals surface area contributed by atoms with Crippen molar-refractivity contribution in [2.24, 2.45) is 5.92 Å². The largest absolute Gasteiger partial charge is 0.497 e. The molecule has 2 aromatic carbocycles. The Morgan fingerprint density at radius 3 is 2.40 bits per heavy atom. The molecule has 0 heterocycles. The summed E-state index contributed by atoms with van der Waals surface area (Å²) in [6.45, 7) is 1.31. The van der Waals surface area contributed by atoms with E-state index in [1.165, 1.54) is 6.92 Å². The van der Waals surface area contributed by atoms with E-state index in [1.54, 1.807) is 7.11 Å². The molecule has 1 N–H and O–H groups in total. The van der Waals surface area contributed by atoms with E-state index in [2.05, 4.69) is 0 Å². The van der Waals surface area contributed by atoms with Gasteiger partial charge in [0.15, 0.2) is 0 Å². The molecule has 0 bridgehead atoms. The molecule has 20 heavy (non-hydrogen) atoms. The molecule has 0 fully saturated rings. The minimum Gasteiger partial charge on any atom is -0.497 e. The van der Waals surface area contributed by atoms with E-state index in [-0.39, 0.29) is 12.2 Å². The quantitative estimate of drug-likeness (QED) is 0.850. The van der Waals surface area contributed by atoms with Crippen molar-refractivity contribution in [3.63, 3.8) is 0 Å². The van der Waals surface area contributed by atoms with Gasteiger partial charge < -0.3 is 9.84 Å². The van der Waals surface area contributed by atoms with Crippen LogP contribution >= 0.6 is 0 Å². The van der Waals surface area contributed by atoms with Gasteiger partial charge >= 0.3 is 5.97 Å². The lowest BCUT2D eigenvalue weighted by molar-refractivity contribution is -0.145. The number of aliphatic carboxylic acids is 1. The van der Waals surface area contributed by atoms with Gasteiger partial charge in [0.25, 0.3) is 0 Å². The summed E-state index contributed by atoms with van der Waals surface area (Å²) in [5.41, 5.74) is 0.838.